The topological polar surface area (TPSA) is 0 Å². The van der Waals surface area contributed by atoms with Crippen molar-refractivity contribution in [3.63, 3.8) is 0 Å². The summed E-state index contributed by atoms with van der Waals surface area (Å²) in [7, 11) is 0. The summed E-state index contributed by atoms with van der Waals surface area (Å²) in [5, 5.41) is 1.65. The second kappa shape index (κ2) is 2.74. The molecule has 1 aromatic rings. The Labute approximate surface area is 60.5 Å². The van der Waals surface area contributed by atoms with Crippen molar-refractivity contribution >= 4 is 17.6 Å². The van der Waals surface area contributed by atoms with E-state index in [1.54, 1.807) is 5.37 Å². The summed E-state index contributed by atoms with van der Waals surface area (Å²) in [6.07, 6.45) is 0. The molecule has 0 aliphatic rings. The van der Waals surface area contributed by atoms with E-state index in [0.29, 0.717) is 0 Å². The number of hydrogen-bond donors (Lipinski definition) is 0. The molecular weight excluding hydrogens is 128 g/mol. The molecule has 0 saturated heterocycles. The SMILES string of the molecule is [CH2]c1cccc(C=S)c1. The summed E-state index contributed by atoms with van der Waals surface area (Å²) in [5.41, 5.74) is 2.06. The van der Waals surface area contributed by atoms with Gasteiger partial charge in [0.2, 0.25) is 0 Å². The second-order valence-corrected chi connectivity index (χ2v) is 2.10. The quantitative estimate of drug-likeness (QED) is 0.532. The van der Waals surface area contributed by atoms with Gasteiger partial charge in [0, 0.05) is 5.37 Å². The third-order valence-corrected chi connectivity index (χ3v) is 1.36. The molecule has 0 amide bonds. The Morgan fingerprint density at radius 1 is 1.44 bits per heavy atom. The van der Waals surface area contributed by atoms with Gasteiger partial charge in [-0.05, 0) is 18.1 Å². The maximum Gasteiger partial charge on any atom is 0.00862 e. The van der Waals surface area contributed by atoms with E-state index in [0.717, 1.165) is 11.1 Å². The Balaban J connectivity index is 3.07. The molecule has 0 aliphatic carbocycles. The van der Waals surface area contributed by atoms with Crippen molar-refractivity contribution in [3.05, 3.63) is 42.3 Å². The average Bonchev–Trinajstić information content (AvgIpc) is 1.88. The molecule has 1 rings (SSSR count). The first-order valence-corrected chi connectivity index (χ1v) is 3.17. The normalized spacial score (nSPS) is 9.00. The van der Waals surface area contributed by atoms with E-state index < -0.39 is 0 Å². The zero-order valence-electron chi connectivity index (χ0n) is 5.00. The predicted molar refractivity (Wildman–Crippen MR) is 43.7 cm³/mol. The maximum absolute atomic E-state index is 4.73. The molecular formula is C8H7S. The van der Waals surface area contributed by atoms with Gasteiger partial charge in [-0.1, -0.05) is 36.5 Å². The van der Waals surface area contributed by atoms with Crippen LogP contribution in [0.5, 0.6) is 0 Å². The minimum atomic E-state index is 1.01. The first-order valence-electron chi connectivity index (χ1n) is 2.70. The lowest BCUT2D eigenvalue weighted by Gasteiger charge is -1.91. The van der Waals surface area contributed by atoms with Gasteiger partial charge >= 0.3 is 0 Å². The van der Waals surface area contributed by atoms with Gasteiger partial charge < -0.3 is 0 Å². The molecule has 0 N–H and O–H groups in total. The molecule has 45 valence electrons. The van der Waals surface area contributed by atoms with Crippen molar-refractivity contribution < 1.29 is 0 Å². The Morgan fingerprint density at radius 3 is 2.67 bits per heavy atom. The van der Waals surface area contributed by atoms with Crippen LogP contribution < -0.4 is 0 Å². The molecule has 0 atom stereocenters. The third-order valence-electron chi connectivity index (χ3n) is 1.09. The lowest BCUT2D eigenvalue weighted by molar-refractivity contribution is 1.60. The van der Waals surface area contributed by atoms with Crippen LogP contribution in [0.1, 0.15) is 11.1 Å². The van der Waals surface area contributed by atoms with Crippen molar-refractivity contribution in [2.45, 2.75) is 0 Å². The highest BCUT2D eigenvalue weighted by Gasteiger charge is 1.84. The van der Waals surface area contributed by atoms with Crippen molar-refractivity contribution in [2.75, 3.05) is 0 Å². The fourth-order valence-electron chi connectivity index (χ4n) is 0.666. The van der Waals surface area contributed by atoms with Gasteiger partial charge in [0.15, 0.2) is 0 Å². The lowest BCUT2D eigenvalue weighted by Crippen LogP contribution is -1.77. The van der Waals surface area contributed by atoms with Crippen LogP contribution >= 0.6 is 12.2 Å². The van der Waals surface area contributed by atoms with Gasteiger partial charge in [-0.15, -0.1) is 0 Å². The number of benzene rings is 1. The van der Waals surface area contributed by atoms with Gasteiger partial charge in [-0.25, -0.2) is 0 Å². The van der Waals surface area contributed by atoms with Crippen LogP contribution in [-0.2, 0) is 0 Å². The number of thiocarbonyl (C=S) groups is 1. The Morgan fingerprint density at radius 2 is 2.22 bits per heavy atom. The van der Waals surface area contributed by atoms with Gasteiger partial charge in [0.1, 0.15) is 0 Å². The summed E-state index contributed by atoms with van der Waals surface area (Å²) in [6, 6.07) is 7.80. The second-order valence-electron chi connectivity index (χ2n) is 1.86. The number of hydrogen-bond acceptors (Lipinski definition) is 1. The molecule has 0 heterocycles. The molecule has 1 aromatic carbocycles. The maximum atomic E-state index is 4.73. The summed E-state index contributed by atoms with van der Waals surface area (Å²) in [4.78, 5) is 0. The molecule has 0 unspecified atom stereocenters. The molecule has 9 heavy (non-hydrogen) atoms. The monoisotopic (exact) mass is 135 g/mol. The minimum Gasteiger partial charge on any atom is -0.0881 e. The first-order chi connectivity index (χ1) is 4.33. The van der Waals surface area contributed by atoms with Crippen LogP contribution in [-0.4, -0.2) is 5.37 Å². The van der Waals surface area contributed by atoms with Gasteiger partial charge in [0.25, 0.3) is 0 Å². The fraction of sp³-hybridized carbons (Fsp3) is 0. The van der Waals surface area contributed by atoms with Gasteiger partial charge in [-0.2, -0.15) is 0 Å². The smallest absolute Gasteiger partial charge is 0.00862 e. The van der Waals surface area contributed by atoms with Gasteiger partial charge in [-0.3, -0.25) is 0 Å². The Kier molecular flexibility index (Phi) is 1.96. The summed E-state index contributed by atoms with van der Waals surface area (Å²) in [6.45, 7) is 3.76. The molecule has 1 heteroatoms. The minimum absolute atomic E-state index is 1.01. The van der Waals surface area contributed by atoms with Crippen molar-refractivity contribution in [3.8, 4) is 0 Å². The van der Waals surface area contributed by atoms with Crippen LogP contribution in [0.15, 0.2) is 24.3 Å². The molecule has 0 bridgehead atoms. The van der Waals surface area contributed by atoms with E-state index in [1.807, 2.05) is 24.3 Å². The molecule has 0 nitrogen and oxygen atoms in total. The summed E-state index contributed by atoms with van der Waals surface area (Å²) < 4.78 is 0. The van der Waals surface area contributed by atoms with Crippen LogP contribution in [0.3, 0.4) is 0 Å². The highest BCUT2D eigenvalue weighted by Crippen LogP contribution is 2.00. The van der Waals surface area contributed by atoms with E-state index in [1.165, 1.54) is 0 Å². The van der Waals surface area contributed by atoms with Crippen LogP contribution in [0.4, 0.5) is 0 Å². The summed E-state index contributed by atoms with van der Waals surface area (Å²) in [5.74, 6) is 0. The van der Waals surface area contributed by atoms with E-state index in [4.69, 9.17) is 12.2 Å². The van der Waals surface area contributed by atoms with Crippen LogP contribution in [0.2, 0.25) is 0 Å². The van der Waals surface area contributed by atoms with E-state index in [9.17, 15) is 0 Å². The van der Waals surface area contributed by atoms with Gasteiger partial charge in [0.05, 0.1) is 0 Å². The molecule has 0 aromatic heterocycles. The van der Waals surface area contributed by atoms with Crippen LogP contribution in [0.25, 0.3) is 0 Å². The highest BCUT2D eigenvalue weighted by atomic mass is 32.1. The summed E-state index contributed by atoms with van der Waals surface area (Å²) >= 11 is 4.73. The average molecular weight is 135 g/mol. The third kappa shape index (κ3) is 1.61. The Hall–Kier alpha value is -0.690. The van der Waals surface area contributed by atoms with E-state index in [2.05, 4.69) is 6.92 Å². The lowest BCUT2D eigenvalue weighted by atomic mass is 10.2. The van der Waals surface area contributed by atoms with Crippen molar-refractivity contribution in [1.29, 1.82) is 0 Å². The molecule has 0 fully saturated rings. The first kappa shape index (κ1) is 6.43. The van der Waals surface area contributed by atoms with Crippen molar-refractivity contribution in [2.24, 2.45) is 0 Å². The molecule has 1 radical (unpaired) electrons. The zero-order chi connectivity index (χ0) is 6.69. The molecule has 0 aliphatic heterocycles. The molecule has 0 saturated carbocycles. The van der Waals surface area contributed by atoms with E-state index >= 15 is 0 Å². The fourth-order valence-corrected chi connectivity index (χ4v) is 0.813. The predicted octanol–water partition coefficient (Wildman–Crippen LogP) is 2.22. The molecule has 0 spiro atoms. The highest BCUT2D eigenvalue weighted by molar-refractivity contribution is 7.79. The van der Waals surface area contributed by atoms with E-state index in [-0.39, 0.29) is 0 Å². The van der Waals surface area contributed by atoms with Crippen LogP contribution in [0, 0.1) is 6.92 Å². The Bertz CT molecular complexity index is 216. The number of rotatable bonds is 1. The van der Waals surface area contributed by atoms with Crippen molar-refractivity contribution in [1.82, 2.24) is 0 Å². The zero-order valence-corrected chi connectivity index (χ0v) is 5.82. The standard InChI is InChI=1S/C8H7S/c1-7-3-2-4-8(5-7)6-9/h2-6H,1H2. The largest absolute Gasteiger partial charge is 0.0881 e.